The van der Waals surface area contributed by atoms with Gasteiger partial charge in [0, 0.05) is 37.2 Å². The fourth-order valence-corrected chi connectivity index (χ4v) is 3.82. The number of hydrogen-bond donors (Lipinski definition) is 0. The summed E-state index contributed by atoms with van der Waals surface area (Å²) in [6, 6.07) is 12.1. The quantitative estimate of drug-likeness (QED) is 0.702. The third-order valence-corrected chi connectivity index (χ3v) is 5.40. The number of piperazine rings is 1. The summed E-state index contributed by atoms with van der Waals surface area (Å²) in [7, 11) is 0. The highest BCUT2D eigenvalue weighted by molar-refractivity contribution is 7.09. The van der Waals surface area contributed by atoms with Gasteiger partial charge in [0.2, 0.25) is 0 Å². The molecule has 3 aromatic rings. The van der Waals surface area contributed by atoms with Gasteiger partial charge in [0.1, 0.15) is 5.69 Å². The second kappa shape index (κ2) is 6.96. The van der Waals surface area contributed by atoms with E-state index >= 15 is 0 Å². The molecule has 0 atom stereocenters. The van der Waals surface area contributed by atoms with Gasteiger partial charge in [0.15, 0.2) is 11.5 Å². The fourth-order valence-electron chi connectivity index (χ4n) is 3.22. The molecule has 1 fully saturated rings. The third-order valence-electron chi connectivity index (χ3n) is 4.62. The van der Waals surface area contributed by atoms with Gasteiger partial charge in [-0.3, -0.25) is 4.79 Å². The number of hydrogen-bond acceptors (Lipinski definition) is 5. The smallest absolute Gasteiger partial charge is 0.289 e. The molecule has 0 radical (unpaired) electrons. The lowest BCUT2D eigenvalue weighted by Crippen LogP contribution is -2.48. The highest BCUT2D eigenvalue weighted by atomic mass is 32.1. The van der Waals surface area contributed by atoms with Crippen molar-refractivity contribution in [3.63, 3.8) is 0 Å². The topological polar surface area (TPSA) is 49.6 Å². The molecule has 0 unspecified atom stereocenters. The zero-order valence-electron chi connectivity index (χ0n) is 14.9. The van der Waals surface area contributed by atoms with Crippen molar-refractivity contribution in [1.82, 2.24) is 9.88 Å². The lowest BCUT2D eigenvalue weighted by Gasteiger charge is -2.35. The lowest BCUT2D eigenvalue weighted by atomic mass is 10.2. The Morgan fingerprint density at radius 3 is 2.62 bits per heavy atom. The Morgan fingerprint density at radius 2 is 1.92 bits per heavy atom. The van der Waals surface area contributed by atoms with Gasteiger partial charge in [-0.2, -0.15) is 0 Å². The number of rotatable bonds is 3. The highest BCUT2D eigenvalue weighted by Gasteiger charge is 2.24. The number of aromatic nitrogens is 1. The second-order valence-electron chi connectivity index (χ2n) is 6.53. The van der Waals surface area contributed by atoms with E-state index in [9.17, 15) is 4.79 Å². The monoisotopic (exact) mass is 367 g/mol. The van der Waals surface area contributed by atoms with Crippen molar-refractivity contribution in [1.29, 1.82) is 0 Å². The van der Waals surface area contributed by atoms with Gasteiger partial charge < -0.3 is 14.2 Å². The molecular weight excluding hydrogens is 346 g/mol. The van der Waals surface area contributed by atoms with Crippen LogP contribution in [0.3, 0.4) is 0 Å². The van der Waals surface area contributed by atoms with Gasteiger partial charge in [0.25, 0.3) is 5.91 Å². The van der Waals surface area contributed by atoms with Crippen LogP contribution in [0.4, 0.5) is 5.69 Å². The van der Waals surface area contributed by atoms with Crippen LogP contribution in [-0.2, 0) is 0 Å². The minimum atomic E-state index is -0.0490. The molecule has 1 amide bonds. The largest absolute Gasteiger partial charge is 0.449 e. The summed E-state index contributed by atoms with van der Waals surface area (Å²) in [6.45, 7) is 7.10. The second-order valence-corrected chi connectivity index (χ2v) is 7.60. The zero-order chi connectivity index (χ0) is 18.1. The van der Waals surface area contributed by atoms with Crippen LogP contribution in [0.25, 0.3) is 11.5 Å². The van der Waals surface area contributed by atoms with Crippen LogP contribution in [0.1, 0.15) is 21.1 Å². The van der Waals surface area contributed by atoms with Crippen molar-refractivity contribution in [2.45, 2.75) is 13.8 Å². The molecule has 0 aliphatic carbocycles. The molecule has 0 bridgehead atoms. The maximum absolute atomic E-state index is 12.7. The molecule has 6 heteroatoms. The van der Waals surface area contributed by atoms with Crippen LogP contribution >= 0.6 is 11.3 Å². The minimum absolute atomic E-state index is 0.0490. The molecule has 134 valence electrons. The van der Waals surface area contributed by atoms with Gasteiger partial charge >= 0.3 is 0 Å². The first kappa shape index (κ1) is 16.8. The van der Waals surface area contributed by atoms with E-state index in [1.54, 1.807) is 17.4 Å². The van der Waals surface area contributed by atoms with Crippen molar-refractivity contribution in [3.8, 4) is 11.5 Å². The predicted octanol–water partition coefficient (Wildman–Crippen LogP) is 3.98. The lowest BCUT2D eigenvalue weighted by molar-refractivity contribution is 0.0715. The number of aryl methyl sites for hydroxylation is 2. The normalized spacial score (nSPS) is 14.7. The summed E-state index contributed by atoms with van der Waals surface area (Å²) in [5.74, 6) is 0.984. The number of nitrogens with zero attached hydrogens (tertiary/aromatic N) is 3. The number of carbonyl (C=O) groups is 1. The molecule has 1 aliphatic heterocycles. The van der Waals surface area contributed by atoms with E-state index in [-0.39, 0.29) is 5.91 Å². The summed E-state index contributed by atoms with van der Waals surface area (Å²) in [4.78, 5) is 21.3. The maximum Gasteiger partial charge on any atom is 0.289 e. The van der Waals surface area contributed by atoms with E-state index in [0.717, 1.165) is 23.8 Å². The van der Waals surface area contributed by atoms with Crippen LogP contribution in [-0.4, -0.2) is 42.0 Å². The number of amides is 1. The van der Waals surface area contributed by atoms with E-state index in [2.05, 4.69) is 41.1 Å². The van der Waals surface area contributed by atoms with Gasteiger partial charge in [0.05, 0.1) is 5.01 Å². The maximum atomic E-state index is 12.7. The summed E-state index contributed by atoms with van der Waals surface area (Å²) < 4.78 is 5.76. The average Bonchev–Trinajstić information content (AvgIpc) is 3.30. The van der Waals surface area contributed by atoms with Crippen molar-refractivity contribution >= 4 is 22.9 Å². The number of benzene rings is 1. The van der Waals surface area contributed by atoms with Crippen molar-refractivity contribution in [3.05, 3.63) is 58.1 Å². The number of anilines is 1. The van der Waals surface area contributed by atoms with Gasteiger partial charge in [-0.05, 0) is 43.7 Å². The standard InChI is InChI=1S/C20H21N3O2S/c1-14-4-3-5-16(12-14)22-8-10-23(11-9-22)20(24)19-7-6-18(25-19)17-13-26-15(2)21-17/h3-7,12-13H,8-11H2,1-2H3. The Bertz CT molecular complexity index is 923. The molecule has 3 heterocycles. The molecule has 1 aromatic carbocycles. The van der Waals surface area contributed by atoms with Gasteiger partial charge in [-0.1, -0.05) is 12.1 Å². The van der Waals surface area contributed by atoms with E-state index in [0.29, 0.717) is 24.6 Å². The van der Waals surface area contributed by atoms with E-state index in [1.165, 1.54) is 11.3 Å². The van der Waals surface area contributed by atoms with Gasteiger partial charge in [-0.25, -0.2) is 4.98 Å². The molecular formula is C20H21N3O2S. The molecule has 26 heavy (non-hydrogen) atoms. The van der Waals surface area contributed by atoms with Crippen LogP contribution in [0.2, 0.25) is 0 Å². The average molecular weight is 367 g/mol. The molecule has 0 spiro atoms. The summed E-state index contributed by atoms with van der Waals surface area (Å²) >= 11 is 1.57. The Balaban J connectivity index is 1.41. The Hall–Kier alpha value is -2.60. The molecule has 1 saturated heterocycles. The Labute approximate surface area is 156 Å². The fraction of sp³-hybridized carbons (Fsp3) is 0.300. The SMILES string of the molecule is Cc1cccc(N2CCN(C(=O)c3ccc(-c4csc(C)n4)o3)CC2)c1. The summed E-state index contributed by atoms with van der Waals surface area (Å²) in [5, 5.41) is 2.93. The first-order valence-electron chi connectivity index (χ1n) is 8.73. The Morgan fingerprint density at radius 1 is 1.12 bits per heavy atom. The predicted molar refractivity (Wildman–Crippen MR) is 104 cm³/mol. The molecule has 0 saturated carbocycles. The minimum Gasteiger partial charge on any atom is -0.449 e. The van der Waals surface area contributed by atoms with E-state index in [1.807, 2.05) is 23.3 Å². The third kappa shape index (κ3) is 3.37. The van der Waals surface area contributed by atoms with Crippen LogP contribution in [0, 0.1) is 13.8 Å². The van der Waals surface area contributed by atoms with Crippen molar-refractivity contribution in [2.75, 3.05) is 31.1 Å². The Kier molecular flexibility index (Phi) is 4.51. The molecule has 5 nitrogen and oxygen atoms in total. The number of furan rings is 1. The molecule has 2 aromatic heterocycles. The first-order chi connectivity index (χ1) is 12.6. The molecule has 4 rings (SSSR count). The van der Waals surface area contributed by atoms with Crippen LogP contribution < -0.4 is 4.90 Å². The summed E-state index contributed by atoms with van der Waals surface area (Å²) in [5.41, 5.74) is 3.26. The van der Waals surface area contributed by atoms with E-state index < -0.39 is 0 Å². The van der Waals surface area contributed by atoms with Crippen LogP contribution in [0.15, 0.2) is 46.2 Å². The molecule has 0 N–H and O–H groups in total. The molecule has 1 aliphatic rings. The van der Waals surface area contributed by atoms with Crippen LogP contribution in [0.5, 0.6) is 0 Å². The van der Waals surface area contributed by atoms with E-state index in [4.69, 9.17) is 4.42 Å². The van der Waals surface area contributed by atoms with Crippen molar-refractivity contribution in [2.24, 2.45) is 0 Å². The number of thiazole rings is 1. The summed E-state index contributed by atoms with van der Waals surface area (Å²) in [6.07, 6.45) is 0. The highest BCUT2D eigenvalue weighted by Crippen LogP contribution is 2.25. The van der Waals surface area contributed by atoms with Crippen molar-refractivity contribution < 1.29 is 9.21 Å². The first-order valence-corrected chi connectivity index (χ1v) is 9.61. The number of carbonyl (C=O) groups excluding carboxylic acids is 1. The van der Waals surface area contributed by atoms with Gasteiger partial charge in [-0.15, -0.1) is 11.3 Å². The zero-order valence-corrected chi connectivity index (χ0v) is 15.8.